The quantitative estimate of drug-likeness (QED) is 0.863. The monoisotopic (exact) mass is 373 g/mol. The summed E-state index contributed by atoms with van der Waals surface area (Å²) in [4.78, 5) is 28.5. The van der Waals surface area contributed by atoms with Gasteiger partial charge in [-0.2, -0.15) is 0 Å². The third-order valence-corrected chi connectivity index (χ3v) is 4.16. The highest BCUT2D eigenvalue weighted by molar-refractivity contribution is 9.10. The Morgan fingerprint density at radius 2 is 1.83 bits per heavy atom. The molecule has 0 aliphatic heterocycles. The number of nitrogens with one attached hydrogen (secondary N) is 2. The Kier molecular flexibility index (Phi) is 4.43. The molecule has 1 saturated carbocycles. The lowest BCUT2D eigenvalue weighted by atomic mass is 10.2. The van der Waals surface area contributed by atoms with Crippen LogP contribution in [-0.4, -0.2) is 22.8 Å². The number of rotatable bonds is 4. The van der Waals surface area contributed by atoms with Crippen molar-refractivity contribution in [3.63, 3.8) is 0 Å². The standard InChI is InChI=1S/C17H16BrN3O2/c1-10-5-8-13(12(18)9-10)21-17(23)15-4-2-3-14(20-15)16(22)19-11-6-7-11/h2-5,8-9,11H,6-7H2,1H3,(H,19,22)(H,21,23). The van der Waals surface area contributed by atoms with Gasteiger partial charge in [0.1, 0.15) is 11.4 Å². The van der Waals surface area contributed by atoms with Crippen LogP contribution < -0.4 is 10.6 Å². The molecule has 0 saturated heterocycles. The fourth-order valence-corrected chi connectivity index (χ4v) is 2.67. The molecule has 23 heavy (non-hydrogen) atoms. The van der Waals surface area contributed by atoms with E-state index in [0.29, 0.717) is 5.69 Å². The molecule has 2 aromatic rings. The number of carbonyl (C=O) groups excluding carboxylic acids is 2. The summed E-state index contributed by atoms with van der Waals surface area (Å²) < 4.78 is 0.800. The molecular weight excluding hydrogens is 358 g/mol. The first-order chi connectivity index (χ1) is 11.0. The maximum atomic E-state index is 12.3. The summed E-state index contributed by atoms with van der Waals surface area (Å²) >= 11 is 3.42. The van der Waals surface area contributed by atoms with Crippen molar-refractivity contribution < 1.29 is 9.59 Å². The Morgan fingerprint density at radius 1 is 1.13 bits per heavy atom. The van der Waals surface area contributed by atoms with E-state index in [4.69, 9.17) is 0 Å². The number of amides is 2. The highest BCUT2D eigenvalue weighted by atomic mass is 79.9. The number of benzene rings is 1. The molecule has 2 N–H and O–H groups in total. The van der Waals surface area contributed by atoms with Crippen LogP contribution in [0.4, 0.5) is 5.69 Å². The van der Waals surface area contributed by atoms with Crippen LogP contribution in [0.5, 0.6) is 0 Å². The zero-order valence-electron chi connectivity index (χ0n) is 12.6. The summed E-state index contributed by atoms with van der Waals surface area (Å²) in [5.41, 5.74) is 2.22. The van der Waals surface area contributed by atoms with E-state index < -0.39 is 0 Å². The summed E-state index contributed by atoms with van der Waals surface area (Å²) in [5, 5.41) is 5.65. The van der Waals surface area contributed by atoms with Gasteiger partial charge >= 0.3 is 0 Å². The molecule has 0 atom stereocenters. The van der Waals surface area contributed by atoms with Crippen molar-refractivity contribution >= 4 is 33.4 Å². The number of halogens is 1. The van der Waals surface area contributed by atoms with E-state index in [-0.39, 0.29) is 29.2 Å². The number of hydrogen-bond acceptors (Lipinski definition) is 3. The third kappa shape index (κ3) is 3.96. The van der Waals surface area contributed by atoms with Gasteiger partial charge in [0.15, 0.2) is 0 Å². The molecule has 1 fully saturated rings. The summed E-state index contributed by atoms with van der Waals surface area (Å²) in [6.07, 6.45) is 2.01. The Morgan fingerprint density at radius 3 is 2.48 bits per heavy atom. The Labute approximate surface area is 142 Å². The summed E-state index contributed by atoms with van der Waals surface area (Å²) in [5.74, 6) is -0.589. The first-order valence-corrected chi connectivity index (χ1v) is 8.17. The predicted octanol–water partition coefficient (Wildman–Crippen LogP) is 3.30. The minimum atomic E-state index is -0.351. The van der Waals surface area contributed by atoms with Crippen LogP contribution in [-0.2, 0) is 0 Å². The SMILES string of the molecule is Cc1ccc(NC(=O)c2cccc(C(=O)NC3CC3)n2)c(Br)c1. The molecule has 5 nitrogen and oxygen atoms in total. The molecule has 6 heteroatoms. The molecule has 1 aliphatic rings. The van der Waals surface area contributed by atoms with Crippen LogP contribution in [0.1, 0.15) is 39.4 Å². The Balaban J connectivity index is 1.75. The van der Waals surface area contributed by atoms with Crippen molar-refractivity contribution in [2.24, 2.45) is 0 Å². The molecular formula is C17H16BrN3O2. The average Bonchev–Trinajstić information content (AvgIpc) is 3.34. The third-order valence-electron chi connectivity index (χ3n) is 3.50. The van der Waals surface area contributed by atoms with Crippen molar-refractivity contribution in [2.45, 2.75) is 25.8 Å². The fraction of sp³-hybridized carbons (Fsp3) is 0.235. The van der Waals surface area contributed by atoms with Crippen LogP contribution in [0.25, 0.3) is 0 Å². The van der Waals surface area contributed by atoms with Crippen LogP contribution >= 0.6 is 15.9 Å². The van der Waals surface area contributed by atoms with Gasteiger partial charge in [-0.05, 0) is 65.5 Å². The van der Waals surface area contributed by atoms with Crippen molar-refractivity contribution in [1.29, 1.82) is 0 Å². The topological polar surface area (TPSA) is 71.1 Å². The van der Waals surface area contributed by atoms with Gasteiger partial charge in [-0.25, -0.2) is 4.98 Å². The zero-order chi connectivity index (χ0) is 16.4. The maximum Gasteiger partial charge on any atom is 0.274 e. The summed E-state index contributed by atoms with van der Waals surface area (Å²) in [7, 11) is 0. The molecule has 0 unspecified atom stereocenters. The largest absolute Gasteiger partial charge is 0.348 e. The van der Waals surface area contributed by atoms with E-state index in [1.807, 2.05) is 25.1 Å². The van der Waals surface area contributed by atoms with Gasteiger partial charge < -0.3 is 10.6 Å². The maximum absolute atomic E-state index is 12.3. The average molecular weight is 374 g/mol. The molecule has 1 aromatic carbocycles. The summed E-state index contributed by atoms with van der Waals surface area (Å²) in [6, 6.07) is 10.8. The second-order valence-electron chi connectivity index (χ2n) is 5.59. The number of pyridine rings is 1. The van der Waals surface area contributed by atoms with Gasteiger partial charge in [0.2, 0.25) is 0 Å². The minimum absolute atomic E-state index is 0.209. The van der Waals surface area contributed by atoms with E-state index in [0.717, 1.165) is 22.9 Å². The van der Waals surface area contributed by atoms with Gasteiger partial charge in [0.05, 0.1) is 5.69 Å². The van der Waals surface area contributed by atoms with Crippen LogP contribution in [0.2, 0.25) is 0 Å². The second kappa shape index (κ2) is 6.50. The van der Waals surface area contributed by atoms with Crippen molar-refractivity contribution in [1.82, 2.24) is 10.3 Å². The molecule has 118 valence electrons. The normalized spacial score (nSPS) is 13.5. The zero-order valence-corrected chi connectivity index (χ0v) is 14.2. The van der Waals surface area contributed by atoms with E-state index in [2.05, 4.69) is 31.5 Å². The molecule has 1 heterocycles. The van der Waals surface area contributed by atoms with Crippen molar-refractivity contribution in [3.05, 3.63) is 57.8 Å². The van der Waals surface area contributed by atoms with Crippen LogP contribution in [0.15, 0.2) is 40.9 Å². The number of nitrogens with zero attached hydrogens (tertiary/aromatic N) is 1. The summed E-state index contributed by atoms with van der Waals surface area (Å²) in [6.45, 7) is 1.97. The van der Waals surface area contributed by atoms with E-state index in [9.17, 15) is 9.59 Å². The number of aromatic nitrogens is 1. The number of carbonyl (C=O) groups is 2. The molecule has 0 bridgehead atoms. The molecule has 1 aliphatic carbocycles. The first kappa shape index (κ1) is 15.7. The van der Waals surface area contributed by atoms with E-state index in [1.54, 1.807) is 18.2 Å². The number of aryl methyl sites for hydroxylation is 1. The number of hydrogen-bond donors (Lipinski definition) is 2. The minimum Gasteiger partial charge on any atom is -0.348 e. The smallest absolute Gasteiger partial charge is 0.274 e. The molecule has 3 rings (SSSR count). The van der Waals surface area contributed by atoms with Gasteiger partial charge in [-0.3, -0.25) is 9.59 Å². The van der Waals surface area contributed by atoms with Crippen LogP contribution in [0.3, 0.4) is 0 Å². The lowest BCUT2D eigenvalue weighted by Crippen LogP contribution is -2.27. The van der Waals surface area contributed by atoms with Gasteiger partial charge in [-0.1, -0.05) is 12.1 Å². The number of anilines is 1. The molecule has 0 spiro atoms. The first-order valence-electron chi connectivity index (χ1n) is 7.38. The van der Waals surface area contributed by atoms with Gasteiger partial charge in [0.25, 0.3) is 11.8 Å². The van der Waals surface area contributed by atoms with Crippen molar-refractivity contribution in [3.8, 4) is 0 Å². The van der Waals surface area contributed by atoms with Gasteiger partial charge in [0, 0.05) is 10.5 Å². The Bertz CT molecular complexity index is 772. The van der Waals surface area contributed by atoms with Gasteiger partial charge in [-0.15, -0.1) is 0 Å². The second-order valence-corrected chi connectivity index (χ2v) is 6.45. The highest BCUT2D eigenvalue weighted by Crippen LogP contribution is 2.24. The molecule has 2 amide bonds. The van der Waals surface area contributed by atoms with Crippen LogP contribution in [0, 0.1) is 6.92 Å². The highest BCUT2D eigenvalue weighted by Gasteiger charge is 2.24. The predicted molar refractivity (Wildman–Crippen MR) is 91.6 cm³/mol. The molecule has 0 radical (unpaired) electrons. The lowest BCUT2D eigenvalue weighted by Gasteiger charge is -2.09. The van der Waals surface area contributed by atoms with Crippen molar-refractivity contribution in [2.75, 3.05) is 5.32 Å². The fourth-order valence-electron chi connectivity index (χ4n) is 2.08. The van der Waals surface area contributed by atoms with E-state index in [1.165, 1.54) is 0 Å². The lowest BCUT2D eigenvalue weighted by molar-refractivity contribution is 0.0946. The Hall–Kier alpha value is -2.21. The molecule has 1 aromatic heterocycles. The van der Waals surface area contributed by atoms with E-state index >= 15 is 0 Å².